The third-order valence-corrected chi connectivity index (χ3v) is 6.37. The van der Waals surface area contributed by atoms with E-state index in [0.717, 1.165) is 11.1 Å². The smallest absolute Gasteiger partial charge is 0.321 e. The number of rotatable bonds is 6. The fourth-order valence-corrected chi connectivity index (χ4v) is 4.74. The molecule has 1 saturated heterocycles. The Morgan fingerprint density at radius 1 is 1.10 bits per heavy atom. The molecule has 2 aromatic rings. The van der Waals surface area contributed by atoms with Crippen molar-refractivity contribution in [3.8, 4) is 0 Å². The standard InChI is InChI=1S/C16H20N2O4S.C5H11N/c1-4-13(16(19)20)17-23(21,22)15-10-6-7-11-12(15)8-5-9-14(11)18(2)3;1-2-4-6-5-3-1/h5-10,13,17H,4H2,1-3H3,(H,19,20);6H,1-5H2. The molecule has 0 aliphatic carbocycles. The highest BCUT2D eigenvalue weighted by Crippen LogP contribution is 2.30. The second kappa shape index (κ2) is 10.6. The third-order valence-electron chi connectivity index (χ3n) is 4.84. The molecule has 3 rings (SSSR count). The first kappa shape index (κ1) is 23.1. The highest BCUT2D eigenvalue weighted by Gasteiger charge is 2.25. The molecular formula is C21H31N3O4S. The number of nitrogens with one attached hydrogen (secondary N) is 2. The second-order valence-corrected chi connectivity index (χ2v) is 8.94. The molecule has 0 bridgehead atoms. The predicted octanol–water partition coefficient (Wildman–Crippen LogP) is 2.81. The van der Waals surface area contributed by atoms with Crippen LogP contribution in [0.15, 0.2) is 41.3 Å². The number of benzene rings is 2. The Morgan fingerprint density at radius 3 is 2.21 bits per heavy atom. The highest BCUT2D eigenvalue weighted by molar-refractivity contribution is 7.89. The SMILES string of the molecule is C1CCNCC1.CCC(NS(=O)(=O)c1cccc2c(N(C)C)cccc12)C(=O)O. The molecule has 29 heavy (non-hydrogen) atoms. The van der Waals surface area contributed by atoms with Crippen LogP contribution >= 0.6 is 0 Å². The minimum atomic E-state index is -3.94. The van der Waals surface area contributed by atoms with Gasteiger partial charge in [-0.2, -0.15) is 4.72 Å². The number of nitrogens with zero attached hydrogens (tertiary/aromatic N) is 1. The molecule has 7 nitrogen and oxygen atoms in total. The number of aliphatic carboxylic acids is 1. The van der Waals surface area contributed by atoms with Gasteiger partial charge in [-0.05, 0) is 44.5 Å². The largest absolute Gasteiger partial charge is 0.480 e. The molecule has 1 aliphatic rings. The summed E-state index contributed by atoms with van der Waals surface area (Å²) in [5.41, 5.74) is 0.893. The van der Waals surface area contributed by atoms with Crippen LogP contribution in [0.4, 0.5) is 5.69 Å². The molecule has 0 amide bonds. The van der Waals surface area contributed by atoms with Crippen LogP contribution in [0.5, 0.6) is 0 Å². The van der Waals surface area contributed by atoms with Gasteiger partial charge in [0.1, 0.15) is 6.04 Å². The Labute approximate surface area is 173 Å². The summed E-state index contributed by atoms with van der Waals surface area (Å²) in [5, 5.41) is 13.7. The van der Waals surface area contributed by atoms with Gasteiger partial charge in [0.05, 0.1) is 4.90 Å². The number of sulfonamides is 1. The number of piperidine rings is 1. The van der Waals surface area contributed by atoms with E-state index in [4.69, 9.17) is 5.11 Å². The predicted molar refractivity (Wildman–Crippen MR) is 117 cm³/mol. The average molecular weight is 422 g/mol. The van der Waals surface area contributed by atoms with E-state index in [1.165, 1.54) is 38.4 Å². The summed E-state index contributed by atoms with van der Waals surface area (Å²) >= 11 is 0. The van der Waals surface area contributed by atoms with Crippen molar-refractivity contribution in [2.45, 2.75) is 43.5 Å². The molecule has 1 fully saturated rings. The first-order chi connectivity index (χ1) is 13.8. The van der Waals surface area contributed by atoms with Gasteiger partial charge in [0.15, 0.2) is 0 Å². The number of hydrogen-bond donors (Lipinski definition) is 3. The van der Waals surface area contributed by atoms with E-state index in [1.54, 1.807) is 25.1 Å². The van der Waals surface area contributed by atoms with Gasteiger partial charge in [-0.25, -0.2) is 8.42 Å². The zero-order valence-electron chi connectivity index (χ0n) is 17.3. The monoisotopic (exact) mass is 421 g/mol. The molecule has 3 N–H and O–H groups in total. The van der Waals surface area contributed by atoms with Crippen LogP contribution in [0.3, 0.4) is 0 Å². The maximum atomic E-state index is 12.6. The van der Waals surface area contributed by atoms with Gasteiger partial charge in [0.25, 0.3) is 0 Å². The number of carboxylic acids is 1. The van der Waals surface area contributed by atoms with Crippen molar-refractivity contribution in [3.63, 3.8) is 0 Å². The Hall–Kier alpha value is -2.16. The van der Waals surface area contributed by atoms with Crippen molar-refractivity contribution in [2.24, 2.45) is 0 Å². The van der Waals surface area contributed by atoms with E-state index in [1.807, 2.05) is 31.1 Å². The van der Waals surface area contributed by atoms with Gasteiger partial charge in [0.2, 0.25) is 10.0 Å². The normalized spacial score (nSPS) is 15.3. The molecule has 0 radical (unpaired) electrons. The minimum absolute atomic E-state index is 0.0819. The first-order valence-corrected chi connectivity index (χ1v) is 11.4. The zero-order valence-corrected chi connectivity index (χ0v) is 18.1. The number of carboxylic acid groups (broad SMARTS) is 1. The van der Waals surface area contributed by atoms with Crippen LogP contribution in [0.1, 0.15) is 32.6 Å². The van der Waals surface area contributed by atoms with Crippen LogP contribution in [0, 0.1) is 0 Å². The van der Waals surface area contributed by atoms with E-state index in [9.17, 15) is 13.2 Å². The fraction of sp³-hybridized carbons (Fsp3) is 0.476. The Balaban J connectivity index is 0.000000426. The van der Waals surface area contributed by atoms with Crippen LogP contribution in [-0.2, 0) is 14.8 Å². The summed E-state index contributed by atoms with van der Waals surface area (Å²) in [7, 11) is -0.174. The molecule has 1 aliphatic heterocycles. The van der Waals surface area contributed by atoms with Gasteiger partial charge in [0, 0.05) is 30.6 Å². The Bertz CT molecular complexity index is 913. The van der Waals surface area contributed by atoms with Crippen LogP contribution in [0.2, 0.25) is 0 Å². The molecule has 8 heteroatoms. The highest BCUT2D eigenvalue weighted by atomic mass is 32.2. The van der Waals surface area contributed by atoms with Crippen molar-refractivity contribution in [1.29, 1.82) is 0 Å². The second-order valence-electron chi connectivity index (χ2n) is 7.25. The van der Waals surface area contributed by atoms with E-state index in [-0.39, 0.29) is 11.3 Å². The van der Waals surface area contributed by atoms with Gasteiger partial charge in [-0.15, -0.1) is 0 Å². The van der Waals surface area contributed by atoms with Crippen molar-refractivity contribution < 1.29 is 18.3 Å². The summed E-state index contributed by atoms with van der Waals surface area (Å²) in [6.45, 7) is 4.12. The first-order valence-electron chi connectivity index (χ1n) is 9.93. The summed E-state index contributed by atoms with van der Waals surface area (Å²) in [5.74, 6) is -1.19. The van der Waals surface area contributed by atoms with E-state index in [0.29, 0.717) is 5.39 Å². The molecule has 0 spiro atoms. The van der Waals surface area contributed by atoms with E-state index < -0.39 is 22.0 Å². The number of fused-ring (bicyclic) bond motifs is 1. The Morgan fingerprint density at radius 2 is 1.72 bits per heavy atom. The lowest BCUT2D eigenvalue weighted by Gasteiger charge is -2.18. The Kier molecular flexibility index (Phi) is 8.43. The van der Waals surface area contributed by atoms with E-state index in [2.05, 4.69) is 10.0 Å². The van der Waals surface area contributed by atoms with Crippen LogP contribution in [0.25, 0.3) is 10.8 Å². The molecule has 0 saturated carbocycles. The number of anilines is 1. The maximum absolute atomic E-state index is 12.6. The van der Waals surface area contributed by atoms with Gasteiger partial charge >= 0.3 is 5.97 Å². The minimum Gasteiger partial charge on any atom is -0.480 e. The van der Waals surface area contributed by atoms with Gasteiger partial charge < -0.3 is 15.3 Å². The number of hydrogen-bond acceptors (Lipinski definition) is 5. The fourth-order valence-electron chi connectivity index (χ4n) is 3.25. The molecule has 2 aromatic carbocycles. The quantitative estimate of drug-likeness (QED) is 0.663. The van der Waals surface area contributed by atoms with Crippen molar-refractivity contribution in [1.82, 2.24) is 10.0 Å². The molecular weight excluding hydrogens is 390 g/mol. The molecule has 0 aromatic heterocycles. The summed E-state index contributed by atoms with van der Waals surface area (Å²) in [6.07, 6.45) is 4.38. The van der Waals surface area contributed by atoms with Crippen LogP contribution < -0.4 is 14.9 Å². The van der Waals surface area contributed by atoms with Crippen molar-refractivity contribution >= 4 is 32.5 Å². The van der Waals surface area contributed by atoms with Gasteiger partial charge in [-0.3, -0.25) is 4.79 Å². The summed E-state index contributed by atoms with van der Waals surface area (Å²) in [4.78, 5) is 13.1. The van der Waals surface area contributed by atoms with Gasteiger partial charge in [-0.1, -0.05) is 37.6 Å². The molecule has 1 atom stereocenters. The van der Waals surface area contributed by atoms with E-state index >= 15 is 0 Å². The maximum Gasteiger partial charge on any atom is 0.321 e. The molecule has 1 unspecified atom stereocenters. The topological polar surface area (TPSA) is 98.7 Å². The van der Waals surface area contributed by atoms with Crippen molar-refractivity contribution in [2.75, 3.05) is 32.1 Å². The molecule has 1 heterocycles. The summed E-state index contributed by atoms with van der Waals surface area (Å²) < 4.78 is 27.5. The lowest BCUT2D eigenvalue weighted by molar-refractivity contribution is -0.139. The molecule has 160 valence electrons. The lowest BCUT2D eigenvalue weighted by Crippen LogP contribution is -2.40. The average Bonchev–Trinajstić information content (AvgIpc) is 2.72. The van der Waals surface area contributed by atoms with Crippen LogP contribution in [-0.4, -0.2) is 52.7 Å². The lowest BCUT2D eigenvalue weighted by atomic mass is 10.1. The van der Waals surface area contributed by atoms with Crippen molar-refractivity contribution in [3.05, 3.63) is 36.4 Å². The third kappa shape index (κ3) is 6.16. The number of carbonyl (C=O) groups is 1. The zero-order chi connectivity index (χ0) is 21.4. The summed E-state index contributed by atoms with van der Waals surface area (Å²) in [6, 6.07) is 9.25.